The molecule has 12 heavy (non-hydrogen) atoms. The lowest BCUT2D eigenvalue weighted by molar-refractivity contribution is -0.0344. The standard InChI is InChI=1S/C8H9F2NO/c1-12-7(8(9)10)6-3-2-4-11-5-6/h2-5,7-8H,1H3. The van der Waals surface area contributed by atoms with Gasteiger partial charge in [-0.25, -0.2) is 8.78 Å². The fraction of sp³-hybridized carbons (Fsp3) is 0.375. The average molecular weight is 173 g/mol. The summed E-state index contributed by atoms with van der Waals surface area (Å²) in [4.78, 5) is 3.72. The molecule has 0 spiro atoms. The number of ether oxygens (including phenoxy) is 1. The lowest BCUT2D eigenvalue weighted by Gasteiger charge is -2.13. The number of aromatic nitrogens is 1. The third-order valence-electron chi connectivity index (χ3n) is 1.50. The zero-order valence-corrected chi connectivity index (χ0v) is 6.58. The fourth-order valence-corrected chi connectivity index (χ4v) is 0.929. The summed E-state index contributed by atoms with van der Waals surface area (Å²) in [7, 11) is 1.25. The van der Waals surface area contributed by atoms with Gasteiger partial charge < -0.3 is 4.74 Å². The van der Waals surface area contributed by atoms with Gasteiger partial charge in [0.15, 0.2) is 0 Å². The molecule has 0 fully saturated rings. The van der Waals surface area contributed by atoms with Crippen molar-refractivity contribution in [2.24, 2.45) is 0 Å². The topological polar surface area (TPSA) is 22.1 Å². The first kappa shape index (κ1) is 9.06. The minimum absolute atomic E-state index is 0.398. The van der Waals surface area contributed by atoms with Gasteiger partial charge in [-0.1, -0.05) is 6.07 Å². The molecule has 0 saturated heterocycles. The minimum Gasteiger partial charge on any atom is -0.371 e. The van der Waals surface area contributed by atoms with E-state index in [9.17, 15) is 8.78 Å². The smallest absolute Gasteiger partial charge is 0.268 e. The molecule has 1 atom stereocenters. The van der Waals surface area contributed by atoms with Crippen molar-refractivity contribution in [1.82, 2.24) is 4.98 Å². The largest absolute Gasteiger partial charge is 0.371 e. The first-order valence-electron chi connectivity index (χ1n) is 3.46. The van der Waals surface area contributed by atoms with E-state index in [4.69, 9.17) is 0 Å². The number of halogens is 2. The van der Waals surface area contributed by atoms with E-state index in [0.29, 0.717) is 5.56 Å². The number of rotatable bonds is 3. The van der Waals surface area contributed by atoms with Crippen LogP contribution in [0.25, 0.3) is 0 Å². The first-order chi connectivity index (χ1) is 5.75. The maximum atomic E-state index is 12.2. The Morgan fingerprint density at radius 3 is 2.67 bits per heavy atom. The van der Waals surface area contributed by atoms with E-state index in [2.05, 4.69) is 9.72 Å². The second-order valence-electron chi connectivity index (χ2n) is 2.28. The van der Waals surface area contributed by atoms with Crippen LogP contribution in [0.1, 0.15) is 11.7 Å². The minimum atomic E-state index is -2.51. The molecule has 4 heteroatoms. The van der Waals surface area contributed by atoms with Crippen LogP contribution in [-0.2, 0) is 4.74 Å². The predicted octanol–water partition coefficient (Wildman–Crippen LogP) is 2.03. The molecule has 2 nitrogen and oxygen atoms in total. The van der Waals surface area contributed by atoms with Crippen LogP contribution in [0.2, 0.25) is 0 Å². The monoisotopic (exact) mass is 173 g/mol. The number of hydrogen-bond acceptors (Lipinski definition) is 2. The summed E-state index contributed by atoms with van der Waals surface area (Å²) in [5.41, 5.74) is 0.398. The quantitative estimate of drug-likeness (QED) is 0.697. The second kappa shape index (κ2) is 4.11. The fourth-order valence-electron chi connectivity index (χ4n) is 0.929. The van der Waals surface area contributed by atoms with Crippen LogP contribution in [-0.4, -0.2) is 18.5 Å². The predicted molar refractivity (Wildman–Crippen MR) is 40.0 cm³/mol. The van der Waals surface area contributed by atoms with Crippen molar-refractivity contribution in [2.75, 3.05) is 7.11 Å². The molecule has 1 rings (SSSR count). The van der Waals surface area contributed by atoms with Crippen molar-refractivity contribution in [3.63, 3.8) is 0 Å². The van der Waals surface area contributed by atoms with E-state index in [1.54, 1.807) is 12.1 Å². The highest BCUT2D eigenvalue weighted by Crippen LogP contribution is 2.22. The maximum Gasteiger partial charge on any atom is 0.268 e. The van der Waals surface area contributed by atoms with Gasteiger partial charge in [-0.2, -0.15) is 0 Å². The van der Waals surface area contributed by atoms with Gasteiger partial charge in [0.1, 0.15) is 6.10 Å². The van der Waals surface area contributed by atoms with E-state index in [1.165, 1.54) is 19.5 Å². The SMILES string of the molecule is COC(c1cccnc1)C(F)F. The van der Waals surface area contributed by atoms with Crippen molar-refractivity contribution in [1.29, 1.82) is 0 Å². The summed E-state index contributed by atoms with van der Waals surface area (Å²) in [6.07, 6.45) is -0.778. The molecule has 0 N–H and O–H groups in total. The van der Waals surface area contributed by atoms with Crippen molar-refractivity contribution >= 4 is 0 Å². The summed E-state index contributed by atoms with van der Waals surface area (Å²) < 4.78 is 29.1. The summed E-state index contributed by atoms with van der Waals surface area (Å²) in [6, 6.07) is 3.16. The zero-order valence-electron chi connectivity index (χ0n) is 6.58. The summed E-state index contributed by atoms with van der Waals surface area (Å²) in [6.45, 7) is 0. The summed E-state index contributed by atoms with van der Waals surface area (Å²) in [5, 5.41) is 0. The maximum absolute atomic E-state index is 12.2. The van der Waals surface area contributed by atoms with Crippen LogP contribution in [0.4, 0.5) is 8.78 Å². The van der Waals surface area contributed by atoms with Crippen molar-refractivity contribution in [3.8, 4) is 0 Å². The molecule has 1 aromatic heterocycles. The highest BCUT2D eigenvalue weighted by molar-refractivity contribution is 5.12. The van der Waals surface area contributed by atoms with Gasteiger partial charge in [0.2, 0.25) is 0 Å². The lowest BCUT2D eigenvalue weighted by atomic mass is 10.2. The number of pyridine rings is 1. The Kier molecular flexibility index (Phi) is 3.10. The molecule has 0 amide bonds. The van der Waals surface area contributed by atoms with Crippen LogP contribution < -0.4 is 0 Å². The molecule has 1 aromatic rings. The Morgan fingerprint density at radius 2 is 2.25 bits per heavy atom. The molecule has 0 bridgehead atoms. The zero-order chi connectivity index (χ0) is 8.97. The molecule has 0 aliphatic carbocycles. The van der Waals surface area contributed by atoms with Crippen molar-refractivity contribution in [2.45, 2.75) is 12.5 Å². The van der Waals surface area contributed by atoms with E-state index < -0.39 is 12.5 Å². The van der Waals surface area contributed by atoms with Crippen LogP contribution >= 0.6 is 0 Å². The molecular formula is C8H9F2NO. The van der Waals surface area contributed by atoms with E-state index in [0.717, 1.165) is 0 Å². The molecule has 0 aliphatic heterocycles. The second-order valence-corrected chi connectivity index (χ2v) is 2.28. The van der Waals surface area contributed by atoms with Gasteiger partial charge in [-0.15, -0.1) is 0 Å². The van der Waals surface area contributed by atoms with Gasteiger partial charge in [-0.05, 0) is 6.07 Å². The molecule has 1 heterocycles. The Labute approximate surface area is 69.2 Å². The number of nitrogens with zero attached hydrogens (tertiary/aromatic N) is 1. The van der Waals surface area contributed by atoms with Crippen molar-refractivity contribution < 1.29 is 13.5 Å². The molecule has 0 aliphatic rings. The van der Waals surface area contributed by atoms with Gasteiger partial charge in [0, 0.05) is 25.1 Å². The number of hydrogen-bond donors (Lipinski definition) is 0. The normalized spacial score (nSPS) is 13.3. The highest BCUT2D eigenvalue weighted by atomic mass is 19.3. The van der Waals surface area contributed by atoms with Gasteiger partial charge in [0.05, 0.1) is 0 Å². The third kappa shape index (κ3) is 1.98. The number of alkyl halides is 2. The Hall–Kier alpha value is -1.03. The summed E-state index contributed by atoms with van der Waals surface area (Å²) in [5.74, 6) is 0. The Morgan fingerprint density at radius 1 is 1.50 bits per heavy atom. The molecule has 1 unspecified atom stereocenters. The molecular weight excluding hydrogens is 164 g/mol. The number of methoxy groups -OCH3 is 1. The van der Waals surface area contributed by atoms with Crippen LogP contribution in [0.5, 0.6) is 0 Å². The Bertz CT molecular complexity index is 228. The van der Waals surface area contributed by atoms with Crippen molar-refractivity contribution in [3.05, 3.63) is 30.1 Å². The lowest BCUT2D eigenvalue weighted by Crippen LogP contribution is -2.11. The van der Waals surface area contributed by atoms with Crippen LogP contribution in [0, 0.1) is 0 Å². The van der Waals surface area contributed by atoms with Gasteiger partial charge >= 0.3 is 0 Å². The van der Waals surface area contributed by atoms with Gasteiger partial charge in [0.25, 0.3) is 6.43 Å². The van der Waals surface area contributed by atoms with Gasteiger partial charge in [-0.3, -0.25) is 4.98 Å². The first-order valence-corrected chi connectivity index (χ1v) is 3.46. The van der Waals surface area contributed by atoms with E-state index in [-0.39, 0.29) is 0 Å². The average Bonchev–Trinajstić information content (AvgIpc) is 2.07. The molecule has 0 aromatic carbocycles. The highest BCUT2D eigenvalue weighted by Gasteiger charge is 2.21. The Balaban J connectivity index is 2.80. The van der Waals surface area contributed by atoms with Crippen LogP contribution in [0.3, 0.4) is 0 Å². The van der Waals surface area contributed by atoms with E-state index in [1.807, 2.05) is 0 Å². The summed E-state index contributed by atoms with van der Waals surface area (Å²) >= 11 is 0. The van der Waals surface area contributed by atoms with E-state index >= 15 is 0 Å². The molecule has 0 radical (unpaired) electrons. The van der Waals surface area contributed by atoms with Crippen LogP contribution in [0.15, 0.2) is 24.5 Å². The molecule has 0 saturated carbocycles. The third-order valence-corrected chi connectivity index (χ3v) is 1.50. The molecule has 66 valence electrons.